The molecule has 0 bridgehead atoms. The molecule has 0 aliphatic rings. The third-order valence-electron chi connectivity index (χ3n) is 3.65. The molecule has 1 amide bonds. The van der Waals surface area contributed by atoms with Crippen LogP contribution in [-0.4, -0.2) is 23.0 Å². The van der Waals surface area contributed by atoms with E-state index in [4.69, 9.17) is 16.3 Å². The predicted octanol–water partition coefficient (Wildman–Crippen LogP) is 4.21. The second-order valence-corrected chi connectivity index (χ2v) is 5.96. The summed E-state index contributed by atoms with van der Waals surface area (Å²) in [6.07, 6.45) is -1.09. The second kappa shape index (κ2) is 7.49. The van der Waals surface area contributed by atoms with Crippen molar-refractivity contribution in [3.05, 3.63) is 71.1 Å². The van der Waals surface area contributed by atoms with Crippen LogP contribution in [0.2, 0.25) is 5.02 Å². The van der Waals surface area contributed by atoms with Crippen molar-refractivity contribution in [3.63, 3.8) is 0 Å². The standard InChI is InChI=1S/C19H14ClFN2O3/c1-11(18(24)23-16-9-7-13(21)10-14(16)20)26-19(25)17-8-6-12-4-2-3-5-15(12)22-17/h2-11H,1H3,(H,23,24)/t11-/m0/s1. The quantitative estimate of drug-likeness (QED) is 0.696. The van der Waals surface area contributed by atoms with Crippen LogP contribution in [0.3, 0.4) is 0 Å². The van der Waals surface area contributed by atoms with Gasteiger partial charge in [-0.1, -0.05) is 35.9 Å². The van der Waals surface area contributed by atoms with E-state index >= 15 is 0 Å². The number of carbonyl (C=O) groups is 2. The molecule has 5 nitrogen and oxygen atoms in total. The highest BCUT2D eigenvalue weighted by atomic mass is 35.5. The lowest BCUT2D eigenvalue weighted by molar-refractivity contribution is -0.123. The van der Waals surface area contributed by atoms with Crippen molar-refractivity contribution >= 4 is 40.1 Å². The number of carbonyl (C=O) groups excluding carboxylic acids is 2. The van der Waals surface area contributed by atoms with Gasteiger partial charge >= 0.3 is 5.97 Å². The number of benzene rings is 2. The number of amides is 1. The van der Waals surface area contributed by atoms with Gasteiger partial charge in [-0.25, -0.2) is 14.2 Å². The number of rotatable bonds is 4. The van der Waals surface area contributed by atoms with Gasteiger partial charge in [-0.3, -0.25) is 4.79 Å². The molecular weight excluding hydrogens is 359 g/mol. The minimum Gasteiger partial charge on any atom is -0.448 e. The second-order valence-electron chi connectivity index (χ2n) is 5.55. The SMILES string of the molecule is C[C@H](OC(=O)c1ccc2ccccc2n1)C(=O)Nc1ccc(F)cc1Cl. The van der Waals surface area contributed by atoms with Crippen molar-refractivity contribution < 1.29 is 18.7 Å². The number of halogens is 2. The molecule has 1 atom stereocenters. The Labute approximate surface area is 153 Å². The molecule has 0 spiro atoms. The third kappa shape index (κ3) is 3.97. The van der Waals surface area contributed by atoms with Crippen LogP contribution in [0.25, 0.3) is 10.9 Å². The largest absolute Gasteiger partial charge is 0.448 e. The highest BCUT2D eigenvalue weighted by molar-refractivity contribution is 6.33. The summed E-state index contributed by atoms with van der Waals surface area (Å²) in [5.41, 5.74) is 0.977. The molecule has 3 aromatic rings. The van der Waals surface area contributed by atoms with Crippen molar-refractivity contribution in [1.29, 1.82) is 0 Å². The number of nitrogens with zero attached hydrogens (tertiary/aromatic N) is 1. The zero-order valence-corrected chi connectivity index (χ0v) is 14.5. The van der Waals surface area contributed by atoms with Gasteiger partial charge in [-0.2, -0.15) is 0 Å². The summed E-state index contributed by atoms with van der Waals surface area (Å²) < 4.78 is 18.2. The van der Waals surface area contributed by atoms with Crippen molar-refractivity contribution in [2.75, 3.05) is 5.32 Å². The van der Waals surface area contributed by atoms with Crippen LogP contribution in [0, 0.1) is 5.82 Å². The highest BCUT2D eigenvalue weighted by Gasteiger charge is 2.20. The Morgan fingerprint density at radius 2 is 1.92 bits per heavy atom. The maximum atomic E-state index is 13.0. The summed E-state index contributed by atoms with van der Waals surface area (Å²) >= 11 is 5.86. The zero-order valence-electron chi connectivity index (χ0n) is 13.7. The monoisotopic (exact) mass is 372 g/mol. The molecule has 7 heteroatoms. The van der Waals surface area contributed by atoms with E-state index in [-0.39, 0.29) is 16.4 Å². The van der Waals surface area contributed by atoms with Crippen LogP contribution in [0.1, 0.15) is 17.4 Å². The molecule has 0 radical (unpaired) electrons. The number of hydrogen-bond donors (Lipinski definition) is 1. The van der Waals surface area contributed by atoms with Gasteiger partial charge in [0.1, 0.15) is 11.5 Å². The Morgan fingerprint density at radius 1 is 1.15 bits per heavy atom. The van der Waals surface area contributed by atoms with Gasteiger partial charge in [-0.05, 0) is 37.3 Å². The van der Waals surface area contributed by atoms with Gasteiger partial charge in [0.2, 0.25) is 0 Å². The smallest absolute Gasteiger partial charge is 0.357 e. The Balaban J connectivity index is 1.68. The minimum absolute atomic E-state index is 0.0491. The van der Waals surface area contributed by atoms with Crippen LogP contribution in [0.5, 0.6) is 0 Å². The topological polar surface area (TPSA) is 68.3 Å². The van der Waals surface area contributed by atoms with Crippen molar-refractivity contribution in [2.45, 2.75) is 13.0 Å². The van der Waals surface area contributed by atoms with Gasteiger partial charge < -0.3 is 10.1 Å². The average Bonchev–Trinajstić information content (AvgIpc) is 2.63. The highest BCUT2D eigenvalue weighted by Crippen LogP contribution is 2.22. The lowest BCUT2D eigenvalue weighted by Crippen LogP contribution is -2.30. The molecule has 2 aromatic carbocycles. The number of nitrogens with one attached hydrogen (secondary N) is 1. The number of hydrogen-bond acceptors (Lipinski definition) is 4. The molecule has 0 fully saturated rings. The maximum absolute atomic E-state index is 13.0. The molecule has 1 heterocycles. The number of pyridine rings is 1. The van der Waals surface area contributed by atoms with Crippen molar-refractivity contribution in [3.8, 4) is 0 Å². The van der Waals surface area contributed by atoms with Gasteiger partial charge in [0.15, 0.2) is 6.10 Å². The first-order valence-electron chi connectivity index (χ1n) is 7.77. The van der Waals surface area contributed by atoms with Gasteiger partial charge in [0.25, 0.3) is 5.91 Å². The molecule has 1 N–H and O–H groups in total. The van der Waals surface area contributed by atoms with Crippen LogP contribution in [0.4, 0.5) is 10.1 Å². The van der Waals surface area contributed by atoms with Crippen LogP contribution < -0.4 is 5.32 Å². The predicted molar refractivity (Wildman–Crippen MR) is 96.7 cm³/mol. The van der Waals surface area contributed by atoms with E-state index in [2.05, 4.69) is 10.3 Å². The van der Waals surface area contributed by atoms with E-state index in [1.807, 2.05) is 18.2 Å². The summed E-state index contributed by atoms with van der Waals surface area (Å²) in [6, 6.07) is 14.2. The van der Waals surface area contributed by atoms with Crippen LogP contribution in [0.15, 0.2) is 54.6 Å². The van der Waals surface area contributed by atoms with E-state index in [0.29, 0.717) is 5.52 Å². The molecule has 0 saturated heterocycles. The molecule has 0 unspecified atom stereocenters. The third-order valence-corrected chi connectivity index (χ3v) is 3.96. The van der Waals surface area contributed by atoms with Crippen LogP contribution >= 0.6 is 11.6 Å². The molecule has 132 valence electrons. The molecule has 26 heavy (non-hydrogen) atoms. The number of aromatic nitrogens is 1. The van der Waals surface area contributed by atoms with E-state index in [9.17, 15) is 14.0 Å². The molecule has 0 aliphatic heterocycles. The van der Waals surface area contributed by atoms with E-state index in [1.54, 1.807) is 12.1 Å². The summed E-state index contributed by atoms with van der Waals surface area (Å²) in [4.78, 5) is 28.6. The Morgan fingerprint density at radius 3 is 2.69 bits per heavy atom. The number of anilines is 1. The first-order valence-corrected chi connectivity index (χ1v) is 8.14. The first-order chi connectivity index (χ1) is 12.4. The average molecular weight is 373 g/mol. The summed E-state index contributed by atoms with van der Waals surface area (Å²) in [5, 5.41) is 3.43. The fourth-order valence-electron chi connectivity index (χ4n) is 2.28. The summed E-state index contributed by atoms with van der Waals surface area (Å²) in [5.74, 6) is -1.83. The number of ether oxygens (including phenoxy) is 1. The van der Waals surface area contributed by atoms with E-state index in [0.717, 1.165) is 17.5 Å². The summed E-state index contributed by atoms with van der Waals surface area (Å²) in [7, 11) is 0. The Bertz CT molecular complexity index is 993. The lowest BCUT2D eigenvalue weighted by atomic mass is 10.2. The van der Waals surface area contributed by atoms with Gasteiger partial charge in [0, 0.05) is 5.39 Å². The Hall–Kier alpha value is -2.99. The Kier molecular flexibility index (Phi) is 5.14. The molecule has 0 aliphatic carbocycles. The minimum atomic E-state index is -1.09. The lowest BCUT2D eigenvalue weighted by Gasteiger charge is -2.14. The molecule has 0 saturated carbocycles. The fourth-order valence-corrected chi connectivity index (χ4v) is 2.49. The van der Waals surface area contributed by atoms with Gasteiger partial charge in [0.05, 0.1) is 16.2 Å². The van der Waals surface area contributed by atoms with E-state index in [1.165, 1.54) is 19.1 Å². The fraction of sp³-hybridized carbons (Fsp3) is 0.105. The summed E-state index contributed by atoms with van der Waals surface area (Å²) in [6.45, 7) is 1.42. The zero-order chi connectivity index (χ0) is 18.7. The van der Waals surface area contributed by atoms with Crippen LogP contribution in [-0.2, 0) is 9.53 Å². The number of fused-ring (bicyclic) bond motifs is 1. The van der Waals surface area contributed by atoms with Crippen molar-refractivity contribution in [1.82, 2.24) is 4.98 Å². The van der Waals surface area contributed by atoms with Gasteiger partial charge in [-0.15, -0.1) is 0 Å². The maximum Gasteiger partial charge on any atom is 0.357 e. The van der Waals surface area contributed by atoms with Crippen molar-refractivity contribution in [2.24, 2.45) is 0 Å². The molecule has 1 aromatic heterocycles. The van der Waals surface area contributed by atoms with E-state index < -0.39 is 23.8 Å². The first kappa shape index (κ1) is 17.8. The number of esters is 1. The normalized spacial score (nSPS) is 11.8. The molecular formula is C19H14ClFN2O3. The molecule has 3 rings (SSSR count). The number of para-hydroxylation sites is 1.